The number of carbonyl (C=O) groups is 2. The van der Waals surface area contributed by atoms with Crippen molar-refractivity contribution in [1.82, 2.24) is 15.1 Å². The van der Waals surface area contributed by atoms with Gasteiger partial charge < -0.3 is 9.64 Å². The normalized spacial score (nSPS) is 19.4. The predicted molar refractivity (Wildman–Crippen MR) is 97.9 cm³/mol. The summed E-state index contributed by atoms with van der Waals surface area (Å²) < 4.78 is 71.1. The van der Waals surface area contributed by atoms with E-state index in [2.05, 4.69) is 5.10 Å². The molecule has 1 aromatic carbocycles. The number of halogens is 5. The maximum atomic E-state index is 14.3. The van der Waals surface area contributed by atoms with Gasteiger partial charge in [0, 0.05) is 25.2 Å². The first-order chi connectivity index (χ1) is 14.6. The Morgan fingerprint density at radius 3 is 2.61 bits per heavy atom. The summed E-state index contributed by atoms with van der Waals surface area (Å²) in [6.45, 7) is 1.63. The van der Waals surface area contributed by atoms with Crippen molar-refractivity contribution >= 4 is 11.9 Å². The van der Waals surface area contributed by atoms with Crippen molar-refractivity contribution in [2.45, 2.75) is 32.4 Å². The molecule has 1 amide bonds. The van der Waals surface area contributed by atoms with E-state index in [0.29, 0.717) is 18.6 Å². The molecule has 1 atom stereocenters. The van der Waals surface area contributed by atoms with Gasteiger partial charge in [0.25, 0.3) is 5.91 Å². The third-order valence-corrected chi connectivity index (χ3v) is 5.22. The van der Waals surface area contributed by atoms with Crippen LogP contribution in [0.3, 0.4) is 0 Å². The number of H-pyrrole nitrogens is 1. The lowest BCUT2D eigenvalue weighted by Crippen LogP contribution is -2.51. The second kappa shape index (κ2) is 8.64. The Morgan fingerprint density at radius 1 is 1.26 bits per heavy atom. The van der Waals surface area contributed by atoms with E-state index >= 15 is 0 Å². The van der Waals surface area contributed by atoms with Crippen LogP contribution in [0.1, 0.15) is 41.5 Å². The van der Waals surface area contributed by atoms with E-state index < -0.39 is 46.5 Å². The molecule has 1 aliphatic heterocycles. The van der Waals surface area contributed by atoms with Gasteiger partial charge in [-0.2, -0.15) is 18.3 Å². The van der Waals surface area contributed by atoms with Crippen LogP contribution in [0.5, 0.6) is 0 Å². The van der Waals surface area contributed by atoms with Crippen LogP contribution in [0.25, 0.3) is 0 Å². The van der Waals surface area contributed by atoms with Crippen molar-refractivity contribution < 1.29 is 36.3 Å². The van der Waals surface area contributed by atoms with E-state index in [1.165, 1.54) is 11.0 Å². The second-order valence-electron chi connectivity index (χ2n) is 7.41. The van der Waals surface area contributed by atoms with Gasteiger partial charge in [-0.05, 0) is 37.8 Å². The number of nitrogens with one attached hydrogen (secondary N) is 1. The number of hydrogen-bond acceptors (Lipinski definition) is 4. The Kier molecular flexibility index (Phi) is 6.33. The number of benzene rings is 1. The minimum Gasteiger partial charge on any atom is -0.466 e. The lowest BCUT2D eigenvalue weighted by atomic mass is 9.74. The number of aromatic amines is 1. The number of nitrogens with zero attached hydrogens (tertiary/aromatic N) is 2. The summed E-state index contributed by atoms with van der Waals surface area (Å²) in [5.74, 6) is -3.06. The first-order valence-electron chi connectivity index (χ1n) is 9.59. The summed E-state index contributed by atoms with van der Waals surface area (Å²) in [7, 11) is 0. The summed E-state index contributed by atoms with van der Waals surface area (Å²) in [6.07, 6.45) is -4.25. The molecule has 0 bridgehead atoms. The lowest BCUT2D eigenvalue weighted by molar-refractivity contribution is -0.158. The number of esters is 1. The van der Waals surface area contributed by atoms with E-state index in [4.69, 9.17) is 4.74 Å². The standard InChI is InChI=1S/C20H20F5N3O3/c1-2-31-18(30)19(10-12-4-5-13(21)8-14(12)22)6-3-7-28(11-19)17(29)15-9-16(27-26-15)20(23,24)25/h4-5,8-9H,2-3,6-7,10-11H2,1H3,(H,26,27). The lowest BCUT2D eigenvalue weighted by Gasteiger charge is -2.41. The molecule has 1 fully saturated rings. The zero-order chi connectivity index (χ0) is 22.8. The number of aromatic nitrogens is 2. The molecular formula is C20H20F5N3O3. The van der Waals surface area contributed by atoms with Gasteiger partial charge in [0.05, 0.1) is 12.0 Å². The van der Waals surface area contributed by atoms with Gasteiger partial charge in [-0.15, -0.1) is 0 Å². The molecule has 3 rings (SSSR count). The van der Waals surface area contributed by atoms with E-state index in [9.17, 15) is 31.5 Å². The largest absolute Gasteiger partial charge is 0.466 e. The molecular weight excluding hydrogens is 425 g/mol. The summed E-state index contributed by atoms with van der Waals surface area (Å²) in [6, 6.07) is 3.58. The summed E-state index contributed by atoms with van der Waals surface area (Å²) >= 11 is 0. The molecule has 0 spiro atoms. The smallest absolute Gasteiger partial charge is 0.432 e. The van der Waals surface area contributed by atoms with Crippen molar-refractivity contribution in [3.8, 4) is 0 Å². The molecule has 2 aromatic rings. The third-order valence-electron chi connectivity index (χ3n) is 5.22. The van der Waals surface area contributed by atoms with E-state index in [1.807, 2.05) is 0 Å². The molecule has 0 saturated carbocycles. The van der Waals surface area contributed by atoms with Crippen LogP contribution >= 0.6 is 0 Å². The Morgan fingerprint density at radius 2 is 2.00 bits per heavy atom. The Hall–Kier alpha value is -2.98. The summed E-state index contributed by atoms with van der Waals surface area (Å²) in [5.41, 5.74) is -2.87. The first kappa shape index (κ1) is 22.7. The Balaban J connectivity index is 1.89. The van der Waals surface area contributed by atoms with E-state index in [-0.39, 0.29) is 38.1 Å². The number of piperidine rings is 1. The molecule has 6 nitrogen and oxygen atoms in total. The highest BCUT2D eigenvalue weighted by Crippen LogP contribution is 2.37. The number of hydrogen-bond donors (Lipinski definition) is 1. The van der Waals surface area contributed by atoms with E-state index in [0.717, 1.165) is 6.07 Å². The number of alkyl halides is 3. The molecule has 1 aliphatic rings. The topological polar surface area (TPSA) is 75.3 Å². The molecule has 168 valence electrons. The zero-order valence-electron chi connectivity index (χ0n) is 16.6. The fourth-order valence-electron chi connectivity index (χ4n) is 3.74. The molecule has 1 aromatic heterocycles. The highest BCUT2D eigenvalue weighted by Gasteiger charge is 2.46. The van der Waals surface area contributed by atoms with Gasteiger partial charge in [-0.3, -0.25) is 14.7 Å². The van der Waals surface area contributed by atoms with Crippen LogP contribution in [-0.2, 0) is 22.1 Å². The SMILES string of the molecule is CCOC(=O)C1(Cc2ccc(F)cc2F)CCCN(C(=O)c2cc(C(F)(F)F)[nH]n2)C1. The molecule has 0 radical (unpaired) electrons. The van der Waals surface area contributed by atoms with Crippen LogP contribution in [0, 0.1) is 17.0 Å². The van der Waals surface area contributed by atoms with Gasteiger partial charge in [0.2, 0.25) is 0 Å². The molecule has 11 heteroatoms. The van der Waals surface area contributed by atoms with Gasteiger partial charge in [-0.25, -0.2) is 8.78 Å². The Labute approximate surface area is 174 Å². The van der Waals surface area contributed by atoms with Crippen molar-refractivity contribution in [3.05, 3.63) is 52.9 Å². The molecule has 31 heavy (non-hydrogen) atoms. The van der Waals surface area contributed by atoms with Gasteiger partial charge in [0.15, 0.2) is 5.69 Å². The summed E-state index contributed by atoms with van der Waals surface area (Å²) in [5, 5.41) is 5.22. The third kappa shape index (κ3) is 4.86. The van der Waals surface area contributed by atoms with E-state index in [1.54, 1.807) is 12.0 Å². The number of carbonyl (C=O) groups excluding carboxylic acids is 2. The van der Waals surface area contributed by atoms with Crippen molar-refractivity contribution in [3.63, 3.8) is 0 Å². The highest BCUT2D eigenvalue weighted by molar-refractivity contribution is 5.93. The van der Waals surface area contributed by atoms with Crippen molar-refractivity contribution in [2.75, 3.05) is 19.7 Å². The molecule has 1 unspecified atom stereocenters. The first-order valence-corrected chi connectivity index (χ1v) is 9.59. The fraction of sp³-hybridized carbons (Fsp3) is 0.450. The predicted octanol–water partition coefficient (Wildman–Crippen LogP) is 3.73. The fourth-order valence-corrected chi connectivity index (χ4v) is 3.74. The number of amides is 1. The summed E-state index contributed by atoms with van der Waals surface area (Å²) in [4.78, 5) is 26.8. The molecule has 1 saturated heterocycles. The monoisotopic (exact) mass is 445 g/mol. The second-order valence-corrected chi connectivity index (χ2v) is 7.41. The van der Waals surface area contributed by atoms with Crippen molar-refractivity contribution in [1.29, 1.82) is 0 Å². The minimum absolute atomic E-state index is 0.0503. The Bertz CT molecular complexity index is 975. The average Bonchev–Trinajstić information content (AvgIpc) is 3.21. The van der Waals surface area contributed by atoms with Crippen molar-refractivity contribution in [2.24, 2.45) is 5.41 Å². The maximum absolute atomic E-state index is 14.3. The van der Waals surface area contributed by atoms with Gasteiger partial charge >= 0.3 is 12.1 Å². The van der Waals surface area contributed by atoms with Crippen LogP contribution in [0.2, 0.25) is 0 Å². The highest BCUT2D eigenvalue weighted by atomic mass is 19.4. The quantitative estimate of drug-likeness (QED) is 0.562. The van der Waals surface area contributed by atoms with Gasteiger partial charge in [0.1, 0.15) is 17.3 Å². The average molecular weight is 445 g/mol. The number of likely N-dealkylation sites (tertiary alicyclic amines) is 1. The van der Waals surface area contributed by atoms with Gasteiger partial charge in [-0.1, -0.05) is 6.07 Å². The van der Waals surface area contributed by atoms with Crippen LogP contribution in [-0.4, -0.2) is 46.7 Å². The van der Waals surface area contributed by atoms with Crippen LogP contribution in [0.4, 0.5) is 22.0 Å². The molecule has 2 heterocycles. The van der Waals surface area contributed by atoms with Crippen LogP contribution in [0.15, 0.2) is 24.3 Å². The zero-order valence-corrected chi connectivity index (χ0v) is 16.6. The molecule has 0 aliphatic carbocycles. The number of rotatable bonds is 5. The molecule has 1 N–H and O–H groups in total. The minimum atomic E-state index is -4.69. The maximum Gasteiger partial charge on any atom is 0.432 e. The van der Waals surface area contributed by atoms with Crippen LogP contribution < -0.4 is 0 Å². The number of ether oxygens (including phenoxy) is 1.